The lowest BCUT2D eigenvalue weighted by Crippen LogP contribution is -2.05. The van der Waals surface area contributed by atoms with E-state index in [0.29, 0.717) is 28.2 Å². The SMILES string of the molecule is [C-]#[N+]c1cc([N+]#[C-])c(-n2c3ccccc3c3ccccc32)c(-c2ccc(C#N)c(C#N)c2-n2c3ccccc3c3c4c(ccc32)oc2ccccc24)c1. The first-order valence-corrected chi connectivity index (χ1v) is 16.9. The summed E-state index contributed by atoms with van der Waals surface area (Å²) in [4.78, 5) is 7.81. The number of fused-ring (bicyclic) bond motifs is 10. The van der Waals surface area contributed by atoms with Gasteiger partial charge in [0.2, 0.25) is 5.69 Å². The number of nitriles is 2. The molecular weight excluding hydrogens is 653 g/mol. The van der Waals surface area contributed by atoms with Crippen molar-refractivity contribution < 1.29 is 4.42 Å². The molecule has 0 aliphatic rings. The summed E-state index contributed by atoms with van der Waals surface area (Å²) in [6.07, 6.45) is 0. The molecular formula is C46H22N6O. The summed E-state index contributed by atoms with van der Waals surface area (Å²) < 4.78 is 10.5. The molecule has 0 unspecified atom stereocenters. The zero-order valence-corrected chi connectivity index (χ0v) is 27.8. The van der Waals surface area contributed by atoms with Gasteiger partial charge in [0.1, 0.15) is 23.3 Å². The maximum absolute atomic E-state index is 10.9. The first-order chi connectivity index (χ1) is 26.1. The van der Waals surface area contributed by atoms with E-state index in [4.69, 9.17) is 17.6 Å². The Balaban J connectivity index is 1.42. The summed E-state index contributed by atoms with van der Waals surface area (Å²) in [5.74, 6) is 0. The average Bonchev–Trinajstić information content (AvgIpc) is 3.87. The fourth-order valence-corrected chi connectivity index (χ4v) is 8.12. The van der Waals surface area contributed by atoms with Crippen molar-refractivity contribution in [1.29, 1.82) is 10.5 Å². The lowest BCUT2D eigenvalue weighted by atomic mass is 9.94. The number of para-hydroxylation sites is 4. The highest BCUT2D eigenvalue weighted by molar-refractivity contribution is 6.27. The first kappa shape index (κ1) is 29.8. The molecule has 7 aromatic carbocycles. The zero-order valence-electron chi connectivity index (χ0n) is 27.8. The largest absolute Gasteiger partial charge is 0.456 e. The Morgan fingerprint density at radius 3 is 1.79 bits per heavy atom. The summed E-state index contributed by atoms with van der Waals surface area (Å²) in [7, 11) is 0. The van der Waals surface area contributed by atoms with Gasteiger partial charge < -0.3 is 13.6 Å². The Bertz CT molecular complexity index is 3350. The lowest BCUT2D eigenvalue weighted by Gasteiger charge is -2.21. The van der Waals surface area contributed by atoms with Crippen molar-refractivity contribution >= 4 is 76.9 Å². The number of benzene rings is 7. The van der Waals surface area contributed by atoms with E-state index < -0.39 is 0 Å². The molecule has 53 heavy (non-hydrogen) atoms. The van der Waals surface area contributed by atoms with Gasteiger partial charge >= 0.3 is 0 Å². The third kappa shape index (κ3) is 4.05. The molecule has 0 N–H and O–H groups in total. The molecule has 242 valence electrons. The van der Waals surface area contributed by atoms with Gasteiger partial charge in [-0.2, -0.15) is 10.5 Å². The van der Waals surface area contributed by atoms with Crippen molar-refractivity contribution in [3.8, 4) is 34.6 Å². The molecule has 0 radical (unpaired) electrons. The van der Waals surface area contributed by atoms with Crippen LogP contribution in [0.1, 0.15) is 11.1 Å². The standard InChI is InChI=1S/C46H22N6O/c1-49-28-23-34(46(36(24-28)50-2)51-37-15-7-3-11-29(37)30-12-4-8-16-38(30)51)31-20-19-27(25-47)35(26-48)45(31)52-39-17-9-5-13-32(39)43-40(52)21-22-42-44(43)33-14-6-10-18-41(33)53-42/h3-24H. The normalized spacial score (nSPS) is 11.3. The van der Waals surface area contributed by atoms with Crippen molar-refractivity contribution in [2.24, 2.45) is 0 Å². The van der Waals surface area contributed by atoms with Crippen LogP contribution >= 0.6 is 0 Å². The summed E-state index contributed by atoms with van der Waals surface area (Å²) in [5, 5.41) is 27.2. The van der Waals surface area contributed by atoms with Crippen LogP contribution in [0.2, 0.25) is 0 Å². The molecule has 0 aliphatic heterocycles. The van der Waals surface area contributed by atoms with Crippen LogP contribution in [0, 0.1) is 35.8 Å². The van der Waals surface area contributed by atoms with Crippen LogP contribution in [0.5, 0.6) is 0 Å². The van der Waals surface area contributed by atoms with Crippen LogP contribution in [0.15, 0.2) is 138 Å². The smallest absolute Gasteiger partial charge is 0.201 e. The van der Waals surface area contributed by atoms with E-state index in [1.54, 1.807) is 18.2 Å². The van der Waals surface area contributed by atoms with Crippen LogP contribution in [0.4, 0.5) is 11.4 Å². The Morgan fingerprint density at radius 2 is 1.13 bits per heavy atom. The molecule has 0 bridgehead atoms. The zero-order chi connectivity index (χ0) is 35.8. The van der Waals surface area contributed by atoms with Crippen LogP contribution in [-0.4, -0.2) is 9.13 Å². The van der Waals surface area contributed by atoms with Crippen molar-refractivity contribution in [3.63, 3.8) is 0 Å². The molecule has 0 saturated heterocycles. The highest BCUT2D eigenvalue weighted by atomic mass is 16.3. The second-order valence-electron chi connectivity index (χ2n) is 12.8. The molecule has 10 rings (SSSR count). The van der Waals surface area contributed by atoms with Crippen LogP contribution in [0.3, 0.4) is 0 Å². The molecule has 7 heteroatoms. The number of hydrogen-bond donors (Lipinski definition) is 0. The summed E-state index contributed by atoms with van der Waals surface area (Å²) in [6, 6.07) is 47.6. The molecule has 0 saturated carbocycles. The van der Waals surface area contributed by atoms with Gasteiger partial charge in [-0.15, -0.1) is 0 Å². The minimum atomic E-state index is 0.190. The van der Waals surface area contributed by atoms with Crippen LogP contribution < -0.4 is 0 Å². The van der Waals surface area contributed by atoms with Gasteiger partial charge in [-0.1, -0.05) is 78.9 Å². The summed E-state index contributed by atoms with van der Waals surface area (Å²) >= 11 is 0. The number of hydrogen-bond acceptors (Lipinski definition) is 3. The van der Waals surface area contributed by atoms with Gasteiger partial charge in [-0.25, -0.2) is 9.69 Å². The maximum Gasteiger partial charge on any atom is 0.201 e. The Morgan fingerprint density at radius 1 is 0.509 bits per heavy atom. The molecule has 0 atom stereocenters. The van der Waals surface area contributed by atoms with E-state index >= 15 is 0 Å². The average molecular weight is 675 g/mol. The molecule has 7 nitrogen and oxygen atoms in total. The van der Waals surface area contributed by atoms with Gasteiger partial charge in [0, 0.05) is 37.9 Å². The molecule has 0 aliphatic carbocycles. The minimum absolute atomic E-state index is 0.190. The van der Waals surface area contributed by atoms with E-state index in [-0.39, 0.29) is 16.8 Å². The first-order valence-electron chi connectivity index (χ1n) is 16.9. The Kier molecular flexibility index (Phi) is 6.30. The third-order valence-corrected chi connectivity index (χ3v) is 10.2. The highest BCUT2D eigenvalue weighted by Crippen LogP contribution is 2.48. The minimum Gasteiger partial charge on any atom is -0.456 e. The lowest BCUT2D eigenvalue weighted by molar-refractivity contribution is 0.669. The summed E-state index contributed by atoms with van der Waals surface area (Å²) in [5.41, 5.74) is 8.24. The molecule has 3 heterocycles. The third-order valence-electron chi connectivity index (χ3n) is 10.2. The van der Waals surface area contributed by atoms with Gasteiger partial charge in [0.25, 0.3) is 0 Å². The van der Waals surface area contributed by atoms with Gasteiger partial charge in [0.05, 0.1) is 57.7 Å². The van der Waals surface area contributed by atoms with Crippen molar-refractivity contribution in [3.05, 3.63) is 167 Å². The molecule has 0 amide bonds. The number of rotatable bonds is 3. The predicted molar refractivity (Wildman–Crippen MR) is 210 cm³/mol. The molecule has 10 aromatic rings. The van der Waals surface area contributed by atoms with E-state index in [1.165, 1.54) is 0 Å². The van der Waals surface area contributed by atoms with E-state index in [9.17, 15) is 10.5 Å². The van der Waals surface area contributed by atoms with Gasteiger partial charge in [0.15, 0.2) is 5.69 Å². The molecule has 0 fully saturated rings. The predicted octanol–water partition coefficient (Wildman–Crippen LogP) is 12.3. The van der Waals surface area contributed by atoms with Crippen molar-refractivity contribution in [2.75, 3.05) is 0 Å². The van der Waals surface area contributed by atoms with Gasteiger partial charge in [-0.05, 0) is 60.2 Å². The molecule has 0 spiro atoms. The van der Waals surface area contributed by atoms with Crippen LogP contribution in [0.25, 0.3) is 97.7 Å². The Labute approximate surface area is 302 Å². The van der Waals surface area contributed by atoms with E-state index in [2.05, 4.69) is 55.2 Å². The van der Waals surface area contributed by atoms with E-state index in [1.807, 2.05) is 91.0 Å². The van der Waals surface area contributed by atoms with Crippen molar-refractivity contribution in [2.45, 2.75) is 0 Å². The number of nitrogens with zero attached hydrogens (tertiary/aromatic N) is 6. The summed E-state index contributed by atoms with van der Waals surface area (Å²) in [6.45, 7) is 16.5. The fourth-order valence-electron chi connectivity index (χ4n) is 8.12. The second-order valence-corrected chi connectivity index (χ2v) is 12.8. The van der Waals surface area contributed by atoms with E-state index in [0.717, 1.165) is 65.6 Å². The second kappa shape index (κ2) is 11.2. The highest BCUT2D eigenvalue weighted by Gasteiger charge is 2.27. The number of furan rings is 1. The quantitative estimate of drug-likeness (QED) is 0.175. The fraction of sp³-hybridized carbons (Fsp3) is 0. The van der Waals surface area contributed by atoms with Gasteiger partial charge in [-0.3, -0.25) is 0 Å². The topological polar surface area (TPSA) is 79.3 Å². The monoisotopic (exact) mass is 674 g/mol. The number of aromatic nitrogens is 2. The maximum atomic E-state index is 10.9. The molecule has 3 aromatic heterocycles. The van der Waals surface area contributed by atoms with Crippen molar-refractivity contribution in [1.82, 2.24) is 9.13 Å². The Hall–Kier alpha value is -8.10. The van der Waals surface area contributed by atoms with Crippen LogP contribution in [-0.2, 0) is 0 Å².